The van der Waals surface area contributed by atoms with Gasteiger partial charge in [-0.2, -0.15) is 4.58 Å². The van der Waals surface area contributed by atoms with E-state index in [-0.39, 0.29) is 81.8 Å². The van der Waals surface area contributed by atoms with Crippen LogP contribution in [0.3, 0.4) is 0 Å². The summed E-state index contributed by atoms with van der Waals surface area (Å²) in [6.45, 7) is 13.3. The molecule has 0 bridgehead atoms. The first-order chi connectivity index (χ1) is 23.1. The fourth-order valence-electron chi connectivity index (χ4n) is 6.91. The minimum atomic E-state index is -2.69. The predicted octanol–water partition coefficient (Wildman–Crippen LogP) is 6.41. The number of hydrogen-bond donors (Lipinski definition) is 3. The molecule has 0 spiro atoms. The molecule has 1 amide bonds. The normalized spacial score (nSPS) is 18.0. The molecular weight excluding hydrogens is 714 g/mol. The molecule has 0 aliphatic carbocycles. The van der Waals surface area contributed by atoms with Crippen molar-refractivity contribution >= 4 is 31.2 Å². The Kier molecular flexibility index (Phi) is 16.6. The van der Waals surface area contributed by atoms with Gasteiger partial charge in [0.05, 0.1) is 25.2 Å². The van der Waals surface area contributed by atoms with Crippen molar-refractivity contribution in [3.8, 4) is 0 Å². The number of carbonyl (C=O) groups excluding carboxylic acids is 1. The van der Waals surface area contributed by atoms with Gasteiger partial charge in [0.1, 0.15) is 6.54 Å². The number of para-hydroxylation sites is 2. The second kappa shape index (κ2) is 19.6. The molecule has 1 radical (unpaired) electrons. The average Bonchev–Trinajstić information content (AvgIpc) is 3.43. The summed E-state index contributed by atoms with van der Waals surface area (Å²) in [6.07, 6.45) is 10.4. The molecule has 2 unspecified atom stereocenters. The van der Waals surface area contributed by atoms with Crippen molar-refractivity contribution in [2.45, 2.75) is 77.6 Å². The van der Waals surface area contributed by atoms with Crippen LogP contribution in [0.2, 0.25) is 0 Å². The Morgan fingerprint density at radius 2 is 1.71 bits per heavy atom. The van der Waals surface area contributed by atoms with Gasteiger partial charge in [0, 0.05) is 106 Å². The van der Waals surface area contributed by atoms with E-state index < -0.39 is 8.25 Å². The first-order valence-corrected chi connectivity index (χ1v) is 18.6. The van der Waals surface area contributed by atoms with Crippen LogP contribution < -0.4 is 10.2 Å². The Bertz CT molecular complexity index is 1520. The Morgan fingerprint density at radius 3 is 2.43 bits per heavy atom. The number of carbonyl (C=O) groups is 1. The van der Waals surface area contributed by atoms with Gasteiger partial charge in [-0.3, -0.25) is 9.36 Å². The number of allylic oxidation sites excluding steroid dienone is 4. The monoisotopic (exact) mass is 769 g/mol. The predicted molar refractivity (Wildman–Crippen MR) is 194 cm³/mol. The van der Waals surface area contributed by atoms with Gasteiger partial charge in [-0.25, -0.2) is 0 Å². The second-order valence-electron chi connectivity index (χ2n) is 13.6. The number of likely N-dealkylation sites (N-methyl/N-ethyl adjacent to an activating group) is 1. The average molecular weight is 770 g/mol. The molecule has 0 saturated carbocycles. The summed E-state index contributed by atoms with van der Waals surface area (Å²) < 4.78 is 24.0. The maximum absolute atomic E-state index is 12.5. The molecular formula is C38H55N3O6PY+. The first kappa shape index (κ1) is 41.5. The van der Waals surface area contributed by atoms with Crippen LogP contribution in [0.25, 0.3) is 0 Å². The van der Waals surface area contributed by atoms with Crippen molar-refractivity contribution in [3.63, 3.8) is 0 Å². The summed E-state index contributed by atoms with van der Waals surface area (Å²) in [7, 11) is -2.69. The third-order valence-corrected chi connectivity index (χ3v) is 10.4. The van der Waals surface area contributed by atoms with E-state index >= 15 is 0 Å². The summed E-state index contributed by atoms with van der Waals surface area (Å²) in [4.78, 5) is 14.9. The fourth-order valence-corrected chi connectivity index (χ4v) is 7.63. The number of rotatable bonds is 19. The van der Waals surface area contributed by atoms with E-state index in [1.54, 1.807) is 0 Å². The number of fused-ring (bicyclic) bond motifs is 2. The van der Waals surface area contributed by atoms with Crippen LogP contribution in [0.15, 0.2) is 72.5 Å². The van der Waals surface area contributed by atoms with E-state index in [2.05, 4.69) is 116 Å². The Balaban J connectivity index is 0.00000650. The first-order valence-electron chi connectivity index (χ1n) is 17.3. The molecule has 9 nitrogen and oxygen atoms in total. The van der Waals surface area contributed by atoms with Crippen LogP contribution in [-0.2, 0) is 61.9 Å². The van der Waals surface area contributed by atoms with Gasteiger partial charge in [-0.1, -0.05) is 56.3 Å². The van der Waals surface area contributed by atoms with Gasteiger partial charge in [0.2, 0.25) is 11.6 Å². The number of aliphatic hydroxyl groups excluding tert-OH is 2. The van der Waals surface area contributed by atoms with Crippen LogP contribution in [-0.4, -0.2) is 72.5 Å². The number of nitrogens with zero attached hydrogens (tertiary/aromatic N) is 2. The maximum atomic E-state index is 12.5. The molecule has 0 fully saturated rings. The quantitative estimate of drug-likeness (QED) is 0.0862. The van der Waals surface area contributed by atoms with Crippen molar-refractivity contribution in [3.05, 3.63) is 83.6 Å². The van der Waals surface area contributed by atoms with E-state index in [9.17, 15) is 14.5 Å². The topological polar surface area (TPSA) is 111 Å². The van der Waals surface area contributed by atoms with Gasteiger partial charge in [-0.05, 0) is 57.7 Å². The summed E-state index contributed by atoms with van der Waals surface area (Å²) >= 11 is 0. The smallest absolute Gasteiger partial charge is 0.319 e. The Labute approximate surface area is 318 Å². The van der Waals surface area contributed by atoms with Crippen LogP contribution in [0.1, 0.15) is 77.8 Å². The van der Waals surface area contributed by atoms with Crippen LogP contribution in [0, 0.1) is 5.92 Å². The van der Waals surface area contributed by atoms with Gasteiger partial charge in [-0.15, -0.1) is 0 Å². The van der Waals surface area contributed by atoms with E-state index in [0.717, 1.165) is 32.4 Å². The van der Waals surface area contributed by atoms with Crippen LogP contribution >= 0.6 is 8.25 Å². The minimum Gasteiger partial charge on any atom is -0.396 e. The number of hydrogen-bond acceptors (Lipinski definition) is 7. The van der Waals surface area contributed by atoms with Crippen molar-refractivity contribution in [1.82, 2.24) is 5.32 Å². The number of unbranched alkanes of at least 4 members (excludes halogenated alkanes) is 2. The molecule has 0 saturated heterocycles. The third kappa shape index (κ3) is 10.3. The summed E-state index contributed by atoms with van der Waals surface area (Å²) in [6, 6.07) is 17.4. The molecule has 11 heteroatoms. The number of aliphatic hydroxyl groups is 2. The molecule has 2 aliphatic heterocycles. The van der Waals surface area contributed by atoms with Gasteiger partial charge in [0.25, 0.3) is 0 Å². The van der Waals surface area contributed by atoms with Crippen molar-refractivity contribution < 1.29 is 65.9 Å². The van der Waals surface area contributed by atoms with E-state index in [4.69, 9.17) is 14.2 Å². The zero-order chi connectivity index (χ0) is 34.7. The molecule has 0 aromatic heterocycles. The molecule has 2 aromatic carbocycles. The van der Waals surface area contributed by atoms with Gasteiger partial charge in [0.15, 0.2) is 5.71 Å². The van der Waals surface area contributed by atoms with E-state index in [1.807, 2.05) is 0 Å². The van der Waals surface area contributed by atoms with Crippen LogP contribution in [0.5, 0.6) is 0 Å². The minimum absolute atomic E-state index is 0. The number of anilines is 1. The number of amides is 1. The standard InChI is InChI=1S/C38H54N3O6P.Y/c1-6-40-32-17-11-9-15-30(32)37(2,3)34(40)19-14-20-35-38(4,5)31-16-10-12-18-33(31)41(35)24-13-7-8-21-36(44)39-23-22-29(27-43)28-47-48(45)46-26-25-42;/h9-12,14-20,29,42-43,48H,6-8,13,21-28H2,1-5H3;/p+1. The second-order valence-corrected chi connectivity index (χ2v) is 14.7. The molecule has 2 aliphatic rings. The molecule has 2 atom stereocenters. The maximum Gasteiger partial charge on any atom is 0.319 e. The zero-order valence-corrected chi connectivity index (χ0v) is 33.8. The third-order valence-electron chi connectivity index (χ3n) is 9.59. The molecule has 2 heterocycles. The largest absolute Gasteiger partial charge is 0.396 e. The molecule has 4 rings (SSSR count). The molecule has 265 valence electrons. The summed E-state index contributed by atoms with van der Waals surface area (Å²) in [5.41, 5.74) is 7.62. The SMILES string of the molecule is CCN1/C(=C/C=C/C2=[N+](CCCCCC(=O)NCCC(CO)CO[PH](=O)OCCO)c3ccccc3C2(C)C)C(C)(C)c2ccccc21.[Y]. The Hall–Kier alpha value is -1.97. The molecule has 49 heavy (non-hydrogen) atoms. The van der Waals surface area contributed by atoms with Crippen molar-refractivity contribution in [1.29, 1.82) is 0 Å². The van der Waals surface area contributed by atoms with Crippen molar-refractivity contribution in [2.75, 3.05) is 51.0 Å². The van der Waals surface area contributed by atoms with E-state index in [0.29, 0.717) is 19.4 Å². The summed E-state index contributed by atoms with van der Waals surface area (Å²) in [5, 5.41) is 21.2. The van der Waals surface area contributed by atoms with E-state index in [1.165, 1.54) is 33.9 Å². The molecule has 2 aromatic rings. The zero-order valence-electron chi connectivity index (χ0n) is 29.9. The van der Waals surface area contributed by atoms with Crippen LogP contribution in [0.4, 0.5) is 11.4 Å². The fraction of sp³-hybridized carbons (Fsp3) is 0.526. The van der Waals surface area contributed by atoms with Crippen molar-refractivity contribution in [2.24, 2.45) is 5.92 Å². The van der Waals surface area contributed by atoms with Gasteiger partial charge >= 0.3 is 8.25 Å². The molecule has 3 N–H and O–H groups in total. The number of benzene rings is 2. The summed E-state index contributed by atoms with van der Waals surface area (Å²) in [5.74, 6) is -0.270. The number of nitrogens with one attached hydrogen (secondary N) is 1. The Morgan fingerprint density at radius 1 is 1.00 bits per heavy atom. The van der Waals surface area contributed by atoms with Gasteiger partial charge < -0.3 is 29.5 Å².